The molecular formula is C11H21N5S. The zero-order chi connectivity index (χ0) is 12.6. The Morgan fingerprint density at radius 3 is 2.53 bits per heavy atom. The van der Waals surface area contributed by atoms with Crippen molar-refractivity contribution in [3.8, 4) is 0 Å². The first-order valence-electron chi connectivity index (χ1n) is 5.92. The largest absolute Gasteiger partial charge is 0.350 e. The van der Waals surface area contributed by atoms with E-state index in [-0.39, 0.29) is 11.0 Å². The van der Waals surface area contributed by atoms with Crippen molar-refractivity contribution in [3.63, 3.8) is 0 Å². The van der Waals surface area contributed by atoms with Crippen LogP contribution in [0.5, 0.6) is 0 Å². The molecule has 1 fully saturated rings. The second-order valence-corrected chi connectivity index (χ2v) is 6.43. The summed E-state index contributed by atoms with van der Waals surface area (Å²) < 4.78 is 0. The number of hydrogen-bond acceptors (Lipinski definition) is 6. The van der Waals surface area contributed by atoms with Crippen LogP contribution in [0.3, 0.4) is 0 Å². The van der Waals surface area contributed by atoms with E-state index in [1.165, 1.54) is 12.8 Å². The van der Waals surface area contributed by atoms with Crippen molar-refractivity contribution in [1.82, 2.24) is 10.3 Å². The highest BCUT2D eigenvalue weighted by Gasteiger charge is 2.36. The second-order valence-electron chi connectivity index (χ2n) is 5.54. The smallest absolute Gasteiger partial charge is 0.223 e. The minimum atomic E-state index is -0.0621. The molecule has 0 radical (unpaired) electrons. The van der Waals surface area contributed by atoms with E-state index in [1.54, 1.807) is 16.8 Å². The van der Waals surface area contributed by atoms with Gasteiger partial charge in [0.2, 0.25) is 5.96 Å². The van der Waals surface area contributed by atoms with E-state index in [0.29, 0.717) is 11.9 Å². The maximum Gasteiger partial charge on any atom is 0.223 e. The highest BCUT2D eigenvalue weighted by Crippen LogP contribution is 2.34. The molecule has 0 aromatic rings. The molecule has 1 unspecified atom stereocenters. The van der Waals surface area contributed by atoms with Crippen LogP contribution in [0.4, 0.5) is 0 Å². The van der Waals surface area contributed by atoms with Crippen LogP contribution in [0, 0.1) is 5.92 Å². The van der Waals surface area contributed by atoms with Crippen LogP contribution in [-0.4, -0.2) is 34.1 Å². The number of rotatable bonds is 2. The third-order valence-electron chi connectivity index (χ3n) is 2.60. The summed E-state index contributed by atoms with van der Waals surface area (Å²) >= 11 is 1.63. The normalized spacial score (nSPS) is 25.5. The number of nitrogens with one attached hydrogen (secondary N) is 1. The van der Waals surface area contributed by atoms with Gasteiger partial charge in [0.15, 0.2) is 5.50 Å². The first-order valence-corrected chi connectivity index (χ1v) is 7.21. The Kier molecular flexibility index (Phi) is 3.36. The van der Waals surface area contributed by atoms with Gasteiger partial charge in [0.05, 0.1) is 0 Å². The van der Waals surface area contributed by atoms with Gasteiger partial charge in [-0.05, 0) is 39.9 Å². The van der Waals surface area contributed by atoms with Crippen LogP contribution in [-0.2, 0) is 0 Å². The molecule has 0 bridgehead atoms. The van der Waals surface area contributed by atoms with E-state index in [4.69, 9.17) is 5.84 Å². The van der Waals surface area contributed by atoms with Crippen molar-refractivity contribution in [1.29, 1.82) is 0 Å². The molecule has 3 N–H and O–H groups in total. The van der Waals surface area contributed by atoms with E-state index in [0.717, 1.165) is 5.84 Å². The maximum absolute atomic E-state index is 6.05. The fourth-order valence-electron chi connectivity index (χ4n) is 1.68. The van der Waals surface area contributed by atoms with Gasteiger partial charge < -0.3 is 5.32 Å². The predicted octanol–water partition coefficient (Wildman–Crippen LogP) is 1.37. The minimum absolute atomic E-state index is 0.0310. The van der Waals surface area contributed by atoms with E-state index >= 15 is 0 Å². The highest BCUT2D eigenvalue weighted by molar-refractivity contribution is 7.99. The molecule has 2 aliphatic rings. The molecule has 6 heteroatoms. The number of aliphatic imine (C=N–C) groups is 2. The van der Waals surface area contributed by atoms with Gasteiger partial charge >= 0.3 is 0 Å². The molecule has 1 heterocycles. The van der Waals surface area contributed by atoms with Gasteiger partial charge in [-0.3, -0.25) is 5.01 Å². The van der Waals surface area contributed by atoms with Crippen LogP contribution >= 0.6 is 11.8 Å². The summed E-state index contributed by atoms with van der Waals surface area (Å²) in [6.45, 7) is 6.31. The lowest BCUT2D eigenvalue weighted by Gasteiger charge is -2.32. The molecule has 0 aromatic carbocycles. The van der Waals surface area contributed by atoms with E-state index in [1.807, 2.05) is 6.26 Å². The molecule has 1 atom stereocenters. The van der Waals surface area contributed by atoms with Crippen molar-refractivity contribution in [2.24, 2.45) is 21.7 Å². The number of guanidine groups is 1. The molecular weight excluding hydrogens is 234 g/mol. The number of hydrazine groups is 1. The standard InChI is InChI=1S/C11H21N5S/c1-11(2,3)15-9-13-8(7-5-6-7)16(12)10(14-9)17-4/h7,10H,5-6,12H2,1-4H3,(H,14,15). The molecule has 17 heavy (non-hydrogen) atoms. The first kappa shape index (κ1) is 12.7. The highest BCUT2D eigenvalue weighted by atomic mass is 32.2. The number of amidine groups is 1. The van der Waals surface area contributed by atoms with Gasteiger partial charge in [-0.2, -0.15) is 4.99 Å². The number of nitrogens with two attached hydrogens (primary N) is 1. The van der Waals surface area contributed by atoms with Crippen molar-refractivity contribution >= 4 is 23.6 Å². The van der Waals surface area contributed by atoms with Crippen LogP contribution in [0.25, 0.3) is 0 Å². The molecule has 0 saturated heterocycles. The van der Waals surface area contributed by atoms with Gasteiger partial charge in [-0.25, -0.2) is 10.8 Å². The zero-order valence-corrected chi connectivity index (χ0v) is 11.7. The molecule has 2 rings (SSSR count). The summed E-state index contributed by atoms with van der Waals surface area (Å²) in [5.74, 6) is 8.26. The van der Waals surface area contributed by atoms with Crippen molar-refractivity contribution < 1.29 is 0 Å². The zero-order valence-electron chi connectivity index (χ0n) is 10.9. The Morgan fingerprint density at radius 1 is 1.41 bits per heavy atom. The molecule has 0 aromatic heterocycles. The fraction of sp³-hybridized carbons (Fsp3) is 0.818. The molecule has 1 aliphatic carbocycles. The van der Waals surface area contributed by atoms with Crippen molar-refractivity contribution in [3.05, 3.63) is 0 Å². The summed E-state index contributed by atoms with van der Waals surface area (Å²) in [4.78, 5) is 9.06. The summed E-state index contributed by atoms with van der Waals surface area (Å²) in [5.41, 5.74) is -0.0931. The molecule has 0 amide bonds. The predicted molar refractivity (Wildman–Crippen MR) is 73.8 cm³/mol. The van der Waals surface area contributed by atoms with E-state index in [9.17, 15) is 0 Å². The maximum atomic E-state index is 6.05. The lowest BCUT2D eigenvalue weighted by molar-refractivity contribution is 0.399. The first-order chi connectivity index (χ1) is 7.90. The average molecular weight is 255 g/mol. The van der Waals surface area contributed by atoms with Crippen LogP contribution in [0.2, 0.25) is 0 Å². The third-order valence-corrected chi connectivity index (χ3v) is 3.35. The summed E-state index contributed by atoms with van der Waals surface area (Å²) in [6.07, 6.45) is 4.39. The summed E-state index contributed by atoms with van der Waals surface area (Å²) in [6, 6.07) is 0. The molecule has 96 valence electrons. The lowest BCUT2D eigenvalue weighted by atomic mass is 10.1. The topological polar surface area (TPSA) is 66.0 Å². The molecule has 0 spiro atoms. The second kappa shape index (κ2) is 4.49. The average Bonchev–Trinajstić information content (AvgIpc) is 3.01. The number of thioether (sulfide) groups is 1. The van der Waals surface area contributed by atoms with Gasteiger partial charge in [0.1, 0.15) is 5.84 Å². The van der Waals surface area contributed by atoms with Gasteiger partial charge in [0, 0.05) is 11.5 Å². The Bertz CT molecular complexity index is 353. The van der Waals surface area contributed by atoms with Crippen LogP contribution in [0.15, 0.2) is 9.98 Å². The van der Waals surface area contributed by atoms with Gasteiger partial charge in [-0.1, -0.05) is 0 Å². The monoisotopic (exact) mass is 255 g/mol. The minimum Gasteiger partial charge on any atom is -0.350 e. The van der Waals surface area contributed by atoms with Crippen LogP contribution < -0.4 is 11.2 Å². The van der Waals surface area contributed by atoms with Crippen molar-refractivity contribution in [2.75, 3.05) is 6.26 Å². The number of nitrogens with zero attached hydrogens (tertiary/aromatic N) is 3. The fourth-order valence-corrected chi connectivity index (χ4v) is 2.22. The van der Waals surface area contributed by atoms with E-state index in [2.05, 4.69) is 36.1 Å². The Morgan fingerprint density at radius 2 is 2.06 bits per heavy atom. The lowest BCUT2D eigenvalue weighted by Crippen LogP contribution is -2.51. The Labute approximate surface area is 107 Å². The van der Waals surface area contributed by atoms with E-state index < -0.39 is 0 Å². The van der Waals surface area contributed by atoms with Gasteiger partial charge in [-0.15, -0.1) is 11.8 Å². The SMILES string of the molecule is CSC1N=C(NC(C)(C)C)N=C(C2CC2)N1N. The summed E-state index contributed by atoms with van der Waals surface area (Å²) in [5, 5.41) is 5.03. The van der Waals surface area contributed by atoms with Crippen molar-refractivity contribution in [2.45, 2.75) is 44.6 Å². The third kappa shape index (κ3) is 3.13. The Hall–Kier alpha value is -0.750. The summed E-state index contributed by atoms with van der Waals surface area (Å²) in [7, 11) is 0. The molecule has 5 nitrogen and oxygen atoms in total. The molecule has 1 aliphatic heterocycles. The van der Waals surface area contributed by atoms with Crippen LogP contribution in [0.1, 0.15) is 33.6 Å². The quantitative estimate of drug-likeness (QED) is 0.732. The van der Waals surface area contributed by atoms with Gasteiger partial charge in [0.25, 0.3) is 0 Å². The molecule has 1 saturated carbocycles. The number of hydrogen-bond donors (Lipinski definition) is 2. The Balaban J connectivity index is 2.19.